The minimum absolute atomic E-state index is 0.313. The van der Waals surface area contributed by atoms with E-state index in [1.807, 2.05) is 24.9 Å². The average Bonchev–Trinajstić information content (AvgIpc) is 3.22. The second-order valence-corrected chi connectivity index (χ2v) is 6.18. The third-order valence-electron chi connectivity index (χ3n) is 4.36. The third kappa shape index (κ3) is 3.03. The SMILES string of the molecule is Cc1cc(CN2CCCC(N(C)C(=O)C3CC3)C2)no1. The molecule has 110 valence electrons. The molecule has 1 aliphatic carbocycles. The van der Waals surface area contributed by atoms with E-state index in [0.29, 0.717) is 17.9 Å². The molecule has 5 nitrogen and oxygen atoms in total. The monoisotopic (exact) mass is 277 g/mol. The van der Waals surface area contributed by atoms with Crippen LogP contribution in [0.25, 0.3) is 0 Å². The number of hydrogen-bond acceptors (Lipinski definition) is 4. The van der Waals surface area contributed by atoms with E-state index in [9.17, 15) is 4.79 Å². The van der Waals surface area contributed by atoms with Gasteiger partial charge in [-0.05, 0) is 39.2 Å². The summed E-state index contributed by atoms with van der Waals surface area (Å²) in [6.07, 6.45) is 4.42. The number of hydrogen-bond donors (Lipinski definition) is 0. The summed E-state index contributed by atoms with van der Waals surface area (Å²) in [5.74, 6) is 1.51. The normalized spacial score (nSPS) is 23.8. The second kappa shape index (κ2) is 5.56. The van der Waals surface area contributed by atoms with Crippen molar-refractivity contribution in [2.75, 3.05) is 20.1 Å². The molecule has 1 aromatic rings. The van der Waals surface area contributed by atoms with Crippen LogP contribution in [0.1, 0.15) is 37.1 Å². The zero-order chi connectivity index (χ0) is 14.1. The summed E-state index contributed by atoms with van der Waals surface area (Å²) in [6.45, 7) is 4.76. The highest BCUT2D eigenvalue weighted by Crippen LogP contribution is 2.32. The van der Waals surface area contributed by atoms with Crippen LogP contribution in [0.5, 0.6) is 0 Å². The van der Waals surface area contributed by atoms with Crippen molar-refractivity contribution in [3.05, 3.63) is 17.5 Å². The summed E-state index contributed by atoms with van der Waals surface area (Å²) in [7, 11) is 1.97. The van der Waals surface area contributed by atoms with E-state index in [1.165, 1.54) is 0 Å². The van der Waals surface area contributed by atoms with Crippen LogP contribution in [0.2, 0.25) is 0 Å². The molecule has 2 heterocycles. The van der Waals surface area contributed by atoms with E-state index in [-0.39, 0.29) is 0 Å². The van der Waals surface area contributed by atoms with Gasteiger partial charge in [0.05, 0.1) is 5.69 Å². The minimum Gasteiger partial charge on any atom is -0.361 e. The molecular weight excluding hydrogens is 254 g/mol. The standard InChI is InChI=1S/C15H23N3O2/c1-11-8-13(16-20-11)9-18-7-3-4-14(10-18)17(2)15(19)12-5-6-12/h8,12,14H,3-7,9-10H2,1-2H3. The molecule has 0 spiro atoms. The topological polar surface area (TPSA) is 49.6 Å². The lowest BCUT2D eigenvalue weighted by Gasteiger charge is -2.37. The number of likely N-dealkylation sites (N-methyl/N-ethyl adjacent to an activating group) is 1. The molecule has 20 heavy (non-hydrogen) atoms. The Labute approximate surface area is 119 Å². The van der Waals surface area contributed by atoms with Crippen molar-refractivity contribution in [2.45, 2.75) is 45.2 Å². The van der Waals surface area contributed by atoms with Crippen LogP contribution in [0.4, 0.5) is 0 Å². The largest absolute Gasteiger partial charge is 0.361 e. The molecule has 5 heteroatoms. The van der Waals surface area contributed by atoms with Crippen molar-refractivity contribution in [1.29, 1.82) is 0 Å². The molecule has 1 atom stereocenters. The molecule has 1 saturated carbocycles. The number of piperidine rings is 1. The Hall–Kier alpha value is -1.36. The quantitative estimate of drug-likeness (QED) is 0.842. The van der Waals surface area contributed by atoms with Crippen molar-refractivity contribution >= 4 is 5.91 Å². The van der Waals surface area contributed by atoms with Gasteiger partial charge in [-0.1, -0.05) is 5.16 Å². The van der Waals surface area contributed by atoms with Gasteiger partial charge in [-0.3, -0.25) is 9.69 Å². The van der Waals surface area contributed by atoms with Gasteiger partial charge in [-0.15, -0.1) is 0 Å². The average molecular weight is 277 g/mol. The maximum absolute atomic E-state index is 12.2. The predicted octanol–water partition coefficient (Wildman–Crippen LogP) is 1.82. The van der Waals surface area contributed by atoms with E-state index in [4.69, 9.17) is 4.52 Å². The molecule has 1 aromatic heterocycles. The fourth-order valence-corrected chi connectivity index (χ4v) is 3.01. The summed E-state index contributed by atoms with van der Waals surface area (Å²) < 4.78 is 5.12. The minimum atomic E-state index is 0.313. The van der Waals surface area contributed by atoms with Crippen molar-refractivity contribution < 1.29 is 9.32 Å². The molecule has 1 amide bonds. The fourth-order valence-electron chi connectivity index (χ4n) is 3.01. The molecular formula is C15H23N3O2. The third-order valence-corrected chi connectivity index (χ3v) is 4.36. The van der Waals surface area contributed by atoms with Gasteiger partial charge in [0.1, 0.15) is 5.76 Å². The highest BCUT2D eigenvalue weighted by molar-refractivity contribution is 5.81. The van der Waals surface area contributed by atoms with Gasteiger partial charge in [0, 0.05) is 38.2 Å². The Balaban J connectivity index is 1.56. The summed E-state index contributed by atoms with van der Waals surface area (Å²) in [5, 5.41) is 4.06. The highest BCUT2D eigenvalue weighted by atomic mass is 16.5. The van der Waals surface area contributed by atoms with Gasteiger partial charge >= 0.3 is 0 Å². The van der Waals surface area contributed by atoms with Crippen molar-refractivity contribution in [3.8, 4) is 0 Å². The van der Waals surface area contributed by atoms with Gasteiger partial charge in [0.15, 0.2) is 0 Å². The molecule has 0 bridgehead atoms. The molecule has 0 aromatic carbocycles. The van der Waals surface area contributed by atoms with Gasteiger partial charge in [-0.25, -0.2) is 0 Å². The van der Waals surface area contributed by atoms with Gasteiger partial charge in [0.2, 0.25) is 5.91 Å². The Bertz CT molecular complexity index is 481. The number of amides is 1. The van der Waals surface area contributed by atoms with E-state index in [1.54, 1.807) is 0 Å². The Kier molecular flexibility index (Phi) is 3.78. The second-order valence-electron chi connectivity index (χ2n) is 6.18. The van der Waals surface area contributed by atoms with E-state index in [0.717, 1.165) is 56.8 Å². The first-order chi connectivity index (χ1) is 9.63. The van der Waals surface area contributed by atoms with E-state index >= 15 is 0 Å². The molecule has 2 aliphatic rings. The zero-order valence-electron chi connectivity index (χ0n) is 12.3. The maximum atomic E-state index is 12.2. The van der Waals surface area contributed by atoms with Crippen LogP contribution >= 0.6 is 0 Å². The maximum Gasteiger partial charge on any atom is 0.225 e. The van der Waals surface area contributed by atoms with Crippen LogP contribution in [0.15, 0.2) is 10.6 Å². The highest BCUT2D eigenvalue weighted by Gasteiger charge is 2.35. The molecule has 0 radical (unpaired) electrons. The molecule has 3 rings (SSSR count). The Morgan fingerprint density at radius 2 is 2.30 bits per heavy atom. The van der Waals surface area contributed by atoms with Crippen molar-refractivity contribution in [3.63, 3.8) is 0 Å². The molecule has 1 aliphatic heterocycles. The summed E-state index contributed by atoms with van der Waals surface area (Å²) in [5.41, 5.74) is 0.985. The van der Waals surface area contributed by atoms with E-state index < -0.39 is 0 Å². The number of aryl methyl sites for hydroxylation is 1. The number of rotatable bonds is 4. The van der Waals surface area contributed by atoms with Crippen LogP contribution in [-0.4, -0.2) is 47.0 Å². The van der Waals surface area contributed by atoms with E-state index in [2.05, 4.69) is 10.1 Å². The zero-order valence-corrected chi connectivity index (χ0v) is 12.3. The smallest absolute Gasteiger partial charge is 0.225 e. The lowest BCUT2D eigenvalue weighted by molar-refractivity contribution is -0.134. The Morgan fingerprint density at radius 1 is 1.50 bits per heavy atom. The molecule has 0 N–H and O–H groups in total. The van der Waals surface area contributed by atoms with Gasteiger partial charge < -0.3 is 9.42 Å². The predicted molar refractivity (Wildman–Crippen MR) is 75.0 cm³/mol. The molecule has 1 saturated heterocycles. The van der Waals surface area contributed by atoms with Gasteiger partial charge in [0.25, 0.3) is 0 Å². The first-order valence-corrected chi connectivity index (χ1v) is 7.54. The lowest BCUT2D eigenvalue weighted by Crippen LogP contribution is -2.48. The first-order valence-electron chi connectivity index (χ1n) is 7.54. The van der Waals surface area contributed by atoms with Crippen molar-refractivity contribution in [2.24, 2.45) is 5.92 Å². The van der Waals surface area contributed by atoms with Crippen LogP contribution < -0.4 is 0 Å². The Morgan fingerprint density at radius 3 is 2.95 bits per heavy atom. The molecule has 2 fully saturated rings. The summed E-state index contributed by atoms with van der Waals surface area (Å²) in [6, 6.07) is 2.34. The molecule has 1 unspecified atom stereocenters. The van der Waals surface area contributed by atoms with Gasteiger partial charge in [-0.2, -0.15) is 0 Å². The number of nitrogens with zero attached hydrogens (tertiary/aromatic N) is 3. The first kappa shape index (κ1) is 13.6. The van der Waals surface area contributed by atoms with Crippen molar-refractivity contribution in [1.82, 2.24) is 15.0 Å². The van der Waals surface area contributed by atoms with Crippen LogP contribution in [-0.2, 0) is 11.3 Å². The van der Waals surface area contributed by atoms with Crippen LogP contribution in [0, 0.1) is 12.8 Å². The number of likely N-dealkylation sites (tertiary alicyclic amines) is 1. The lowest BCUT2D eigenvalue weighted by atomic mass is 10.0. The summed E-state index contributed by atoms with van der Waals surface area (Å²) >= 11 is 0. The number of aromatic nitrogens is 1. The summed E-state index contributed by atoms with van der Waals surface area (Å²) in [4.78, 5) is 16.5. The number of carbonyl (C=O) groups is 1. The van der Waals surface area contributed by atoms with Crippen LogP contribution in [0.3, 0.4) is 0 Å². The number of carbonyl (C=O) groups excluding carboxylic acids is 1. The fraction of sp³-hybridized carbons (Fsp3) is 0.733.